The summed E-state index contributed by atoms with van der Waals surface area (Å²) in [5, 5.41) is 2.94. The molecule has 0 aliphatic carbocycles. The van der Waals surface area contributed by atoms with Crippen LogP contribution >= 0.6 is 11.6 Å². The molecule has 0 saturated heterocycles. The molecule has 1 N–H and O–H groups in total. The molecule has 0 fully saturated rings. The molecule has 1 atom stereocenters. The number of halogens is 1. The van der Waals surface area contributed by atoms with Gasteiger partial charge in [0.2, 0.25) is 21.8 Å². The molecule has 8 nitrogen and oxygen atoms in total. The topological polar surface area (TPSA) is 96.0 Å². The number of aryl methyl sites for hydroxylation is 1. The van der Waals surface area contributed by atoms with Gasteiger partial charge in [0.15, 0.2) is 0 Å². The normalized spacial score (nSPS) is 12.1. The van der Waals surface area contributed by atoms with Crippen LogP contribution < -0.4 is 14.4 Å². The van der Waals surface area contributed by atoms with E-state index in [1.807, 2.05) is 0 Å². The molecule has 10 heteroatoms. The van der Waals surface area contributed by atoms with Gasteiger partial charge in [-0.1, -0.05) is 36.7 Å². The van der Waals surface area contributed by atoms with Gasteiger partial charge in [0.1, 0.15) is 18.3 Å². The fourth-order valence-corrected chi connectivity index (χ4v) is 4.53. The van der Waals surface area contributed by atoms with Crippen LogP contribution in [0.1, 0.15) is 24.5 Å². The van der Waals surface area contributed by atoms with Crippen molar-refractivity contribution >= 4 is 39.1 Å². The summed E-state index contributed by atoms with van der Waals surface area (Å²) >= 11 is 6.10. The molecule has 0 saturated carbocycles. The first-order valence-electron chi connectivity index (χ1n) is 10.4. The van der Waals surface area contributed by atoms with Crippen LogP contribution in [0.5, 0.6) is 5.75 Å². The Balaban J connectivity index is 2.45. The van der Waals surface area contributed by atoms with Gasteiger partial charge in [-0.05, 0) is 48.7 Å². The quantitative estimate of drug-likeness (QED) is 0.546. The molecule has 0 bridgehead atoms. The minimum Gasteiger partial charge on any atom is -0.497 e. The van der Waals surface area contributed by atoms with Gasteiger partial charge in [0, 0.05) is 18.6 Å². The fraction of sp³-hybridized carbons (Fsp3) is 0.391. The van der Waals surface area contributed by atoms with Crippen molar-refractivity contribution in [2.24, 2.45) is 0 Å². The van der Waals surface area contributed by atoms with Gasteiger partial charge in [-0.2, -0.15) is 0 Å². The van der Waals surface area contributed by atoms with Crippen LogP contribution in [-0.4, -0.2) is 58.1 Å². The van der Waals surface area contributed by atoms with E-state index in [1.54, 1.807) is 57.4 Å². The van der Waals surface area contributed by atoms with E-state index in [0.29, 0.717) is 28.4 Å². The molecule has 2 amide bonds. The zero-order valence-corrected chi connectivity index (χ0v) is 21.0. The van der Waals surface area contributed by atoms with Crippen molar-refractivity contribution in [1.29, 1.82) is 0 Å². The van der Waals surface area contributed by atoms with Crippen LogP contribution in [-0.2, 0) is 26.2 Å². The lowest BCUT2D eigenvalue weighted by molar-refractivity contribution is -0.140. The number of anilines is 1. The molecule has 0 radical (unpaired) electrons. The number of carbonyl (C=O) groups excluding carboxylic acids is 2. The van der Waals surface area contributed by atoms with E-state index in [-0.39, 0.29) is 12.5 Å². The molecule has 0 heterocycles. The SMILES string of the molecule is CC[C@H](C(=O)NC)N(Cc1ccc(OC)cc1)C(=O)CN(c1cc(Cl)ccc1C)S(C)(=O)=O. The van der Waals surface area contributed by atoms with Crippen molar-refractivity contribution in [3.63, 3.8) is 0 Å². The summed E-state index contributed by atoms with van der Waals surface area (Å²) in [6.45, 7) is 3.19. The second-order valence-electron chi connectivity index (χ2n) is 7.61. The number of sulfonamides is 1. The lowest BCUT2D eigenvalue weighted by Gasteiger charge is -2.33. The van der Waals surface area contributed by atoms with Crippen LogP contribution in [0.2, 0.25) is 5.02 Å². The van der Waals surface area contributed by atoms with E-state index in [2.05, 4.69) is 5.32 Å². The zero-order valence-electron chi connectivity index (χ0n) is 19.5. The number of nitrogens with one attached hydrogen (secondary N) is 1. The Kier molecular flexibility index (Phi) is 9.13. The summed E-state index contributed by atoms with van der Waals surface area (Å²) in [6, 6.07) is 11.2. The Morgan fingerprint density at radius 3 is 2.30 bits per heavy atom. The minimum atomic E-state index is -3.82. The Hall–Kier alpha value is -2.78. The molecule has 0 spiro atoms. The first-order valence-corrected chi connectivity index (χ1v) is 12.6. The second-order valence-corrected chi connectivity index (χ2v) is 9.95. The lowest BCUT2D eigenvalue weighted by atomic mass is 10.1. The van der Waals surface area contributed by atoms with Gasteiger partial charge in [-0.15, -0.1) is 0 Å². The molecule has 33 heavy (non-hydrogen) atoms. The van der Waals surface area contributed by atoms with Gasteiger partial charge < -0.3 is 15.0 Å². The number of methoxy groups -OCH3 is 1. The monoisotopic (exact) mass is 495 g/mol. The molecule has 0 unspecified atom stereocenters. The van der Waals surface area contributed by atoms with Crippen molar-refractivity contribution in [2.75, 3.05) is 31.3 Å². The molecule has 0 aliphatic heterocycles. The summed E-state index contributed by atoms with van der Waals surface area (Å²) < 4.78 is 31.5. The maximum Gasteiger partial charge on any atom is 0.244 e. The number of benzene rings is 2. The van der Waals surface area contributed by atoms with E-state index in [9.17, 15) is 18.0 Å². The third-order valence-corrected chi connectivity index (χ3v) is 6.62. The van der Waals surface area contributed by atoms with Crippen LogP contribution in [0.3, 0.4) is 0 Å². The first-order chi connectivity index (χ1) is 15.5. The molecular formula is C23H30ClN3O5S. The third kappa shape index (κ3) is 6.85. The van der Waals surface area contributed by atoms with Gasteiger partial charge in [-0.25, -0.2) is 8.42 Å². The number of hydrogen-bond acceptors (Lipinski definition) is 5. The third-order valence-electron chi connectivity index (χ3n) is 5.26. The van der Waals surface area contributed by atoms with Crippen molar-refractivity contribution in [1.82, 2.24) is 10.2 Å². The maximum atomic E-state index is 13.5. The smallest absolute Gasteiger partial charge is 0.244 e. The van der Waals surface area contributed by atoms with Gasteiger partial charge >= 0.3 is 0 Å². The largest absolute Gasteiger partial charge is 0.497 e. The van der Waals surface area contributed by atoms with Crippen molar-refractivity contribution in [3.8, 4) is 5.75 Å². The average Bonchev–Trinajstić information content (AvgIpc) is 2.78. The number of nitrogens with zero attached hydrogens (tertiary/aromatic N) is 2. The number of hydrogen-bond donors (Lipinski definition) is 1. The van der Waals surface area contributed by atoms with E-state index < -0.39 is 28.5 Å². The van der Waals surface area contributed by atoms with Gasteiger partial charge in [-0.3, -0.25) is 13.9 Å². The van der Waals surface area contributed by atoms with Crippen LogP contribution in [0.15, 0.2) is 42.5 Å². The van der Waals surface area contributed by atoms with Crippen LogP contribution in [0.4, 0.5) is 5.69 Å². The van der Waals surface area contributed by atoms with Crippen molar-refractivity contribution < 1.29 is 22.7 Å². The number of amides is 2. The second kappa shape index (κ2) is 11.4. The Bertz CT molecular complexity index is 1090. The van der Waals surface area contributed by atoms with Gasteiger partial charge in [0.05, 0.1) is 19.1 Å². The van der Waals surface area contributed by atoms with Crippen LogP contribution in [0, 0.1) is 6.92 Å². The standard InChI is InChI=1S/C23H30ClN3O5S/c1-6-20(23(29)25-3)26(14-17-8-11-19(32-4)12-9-17)22(28)15-27(33(5,30)31)21-13-18(24)10-7-16(21)2/h7-13,20H,6,14-15H2,1-5H3,(H,25,29)/t20-/m1/s1. The molecule has 180 valence electrons. The van der Waals surface area contributed by atoms with E-state index >= 15 is 0 Å². The Morgan fingerprint density at radius 2 is 1.79 bits per heavy atom. The van der Waals surface area contributed by atoms with Crippen molar-refractivity contribution in [3.05, 3.63) is 58.6 Å². The van der Waals surface area contributed by atoms with Gasteiger partial charge in [0.25, 0.3) is 0 Å². The summed E-state index contributed by atoms with van der Waals surface area (Å²) in [5.41, 5.74) is 1.74. The molecular weight excluding hydrogens is 466 g/mol. The van der Waals surface area contributed by atoms with Crippen molar-refractivity contribution in [2.45, 2.75) is 32.9 Å². The highest BCUT2D eigenvalue weighted by Gasteiger charge is 2.31. The molecule has 2 rings (SSSR count). The highest BCUT2D eigenvalue weighted by Crippen LogP contribution is 2.27. The number of ether oxygens (including phenoxy) is 1. The van der Waals surface area contributed by atoms with E-state index in [0.717, 1.165) is 16.1 Å². The van der Waals surface area contributed by atoms with E-state index in [1.165, 1.54) is 18.0 Å². The molecule has 0 aromatic heterocycles. The highest BCUT2D eigenvalue weighted by atomic mass is 35.5. The summed E-state index contributed by atoms with van der Waals surface area (Å²) in [5.74, 6) is -0.176. The number of likely N-dealkylation sites (N-methyl/N-ethyl adjacent to an activating group) is 1. The first kappa shape index (κ1) is 26.5. The maximum absolute atomic E-state index is 13.5. The summed E-state index contributed by atoms with van der Waals surface area (Å²) in [4.78, 5) is 27.5. The summed E-state index contributed by atoms with van der Waals surface area (Å²) in [6.07, 6.45) is 1.39. The fourth-order valence-electron chi connectivity index (χ4n) is 3.46. The summed E-state index contributed by atoms with van der Waals surface area (Å²) in [7, 11) is -0.760. The predicted molar refractivity (Wildman–Crippen MR) is 130 cm³/mol. The zero-order chi connectivity index (χ0) is 24.8. The predicted octanol–water partition coefficient (Wildman–Crippen LogP) is 2.98. The molecule has 2 aromatic rings. The number of carbonyl (C=O) groups is 2. The molecule has 2 aromatic carbocycles. The Morgan fingerprint density at radius 1 is 1.15 bits per heavy atom. The highest BCUT2D eigenvalue weighted by molar-refractivity contribution is 7.92. The van der Waals surface area contributed by atoms with E-state index in [4.69, 9.17) is 16.3 Å². The molecule has 0 aliphatic rings. The lowest BCUT2D eigenvalue weighted by Crippen LogP contribution is -2.51. The van der Waals surface area contributed by atoms with Crippen LogP contribution in [0.25, 0.3) is 0 Å². The Labute approximate surface area is 200 Å². The average molecular weight is 496 g/mol. The minimum absolute atomic E-state index is 0.126. The number of rotatable bonds is 10.